The van der Waals surface area contributed by atoms with Crippen LogP contribution in [0.5, 0.6) is 0 Å². The van der Waals surface area contributed by atoms with Crippen LogP contribution in [0, 0.1) is 29.1 Å². The Labute approximate surface area is 129 Å². The molecule has 120 valence electrons. The van der Waals surface area contributed by atoms with Crippen molar-refractivity contribution >= 4 is 0 Å². The van der Waals surface area contributed by atoms with Gasteiger partial charge in [-0.2, -0.15) is 0 Å². The molecule has 0 saturated heterocycles. The van der Waals surface area contributed by atoms with Gasteiger partial charge in [0.25, 0.3) is 0 Å². The summed E-state index contributed by atoms with van der Waals surface area (Å²) in [6.07, 6.45) is 13.1. The van der Waals surface area contributed by atoms with E-state index in [0.29, 0.717) is 5.41 Å². The molecule has 3 atom stereocenters. The van der Waals surface area contributed by atoms with Crippen LogP contribution in [0.3, 0.4) is 0 Å². The Morgan fingerprint density at radius 1 is 1.00 bits per heavy atom. The molecule has 0 heteroatoms. The molecule has 0 amide bonds. The molecule has 0 N–H and O–H groups in total. The standard InChI is InChI=1S/C20H40/c1-7-16(2)12-13-20(5,6)15-18(4)17(3)14-19-10-8-9-11-19/h16-19H,7-15H2,1-6H3. The highest BCUT2D eigenvalue weighted by Gasteiger charge is 2.26. The fourth-order valence-corrected chi connectivity index (χ4v) is 4.02. The predicted octanol–water partition coefficient (Wildman–Crippen LogP) is 7.08. The third kappa shape index (κ3) is 6.64. The van der Waals surface area contributed by atoms with Gasteiger partial charge < -0.3 is 0 Å². The van der Waals surface area contributed by atoms with Crippen molar-refractivity contribution < 1.29 is 0 Å². The second-order valence-electron chi connectivity index (χ2n) is 8.76. The molecule has 0 heterocycles. The van der Waals surface area contributed by atoms with E-state index in [1.165, 1.54) is 57.8 Å². The van der Waals surface area contributed by atoms with Crippen LogP contribution < -0.4 is 0 Å². The molecule has 0 aromatic carbocycles. The van der Waals surface area contributed by atoms with E-state index in [0.717, 1.165) is 23.7 Å². The van der Waals surface area contributed by atoms with E-state index in [1.54, 1.807) is 0 Å². The highest BCUT2D eigenvalue weighted by atomic mass is 14.3. The minimum Gasteiger partial charge on any atom is -0.0651 e. The summed E-state index contributed by atoms with van der Waals surface area (Å²) in [5.41, 5.74) is 0.535. The van der Waals surface area contributed by atoms with Crippen molar-refractivity contribution in [1.82, 2.24) is 0 Å². The van der Waals surface area contributed by atoms with Crippen molar-refractivity contribution in [2.45, 2.75) is 99.3 Å². The van der Waals surface area contributed by atoms with E-state index in [9.17, 15) is 0 Å². The first kappa shape index (κ1) is 18.1. The van der Waals surface area contributed by atoms with Crippen LogP contribution in [0.2, 0.25) is 0 Å². The van der Waals surface area contributed by atoms with Crippen molar-refractivity contribution in [2.24, 2.45) is 29.1 Å². The summed E-state index contributed by atoms with van der Waals surface area (Å²) >= 11 is 0. The van der Waals surface area contributed by atoms with Gasteiger partial charge in [0.1, 0.15) is 0 Å². The lowest BCUT2D eigenvalue weighted by Gasteiger charge is -2.32. The molecule has 0 aromatic rings. The highest BCUT2D eigenvalue weighted by Crippen LogP contribution is 2.38. The lowest BCUT2D eigenvalue weighted by molar-refractivity contribution is 0.186. The Balaban J connectivity index is 2.32. The zero-order valence-electron chi connectivity index (χ0n) is 15.2. The summed E-state index contributed by atoms with van der Waals surface area (Å²) in [5.74, 6) is 3.76. The van der Waals surface area contributed by atoms with Gasteiger partial charge in [-0.1, -0.05) is 80.1 Å². The first-order valence-corrected chi connectivity index (χ1v) is 9.34. The number of rotatable bonds is 9. The van der Waals surface area contributed by atoms with Gasteiger partial charge in [0.05, 0.1) is 0 Å². The summed E-state index contributed by atoms with van der Waals surface area (Å²) in [6.45, 7) is 14.7. The average molecular weight is 281 g/mol. The molecular formula is C20H40. The van der Waals surface area contributed by atoms with Gasteiger partial charge in [-0.25, -0.2) is 0 Å². The van der Waals surface area contributed by atoms with Crippen LogP contribution in [-0.4, -0.2) is 0 Å². The quantitative estimate of drug-likeness (QED) is 0.423. The second kappa shape index (κ2) is 8.44. The van der Waals surface area contributed by atoms with Gasteiger partial charge in [-0.05, 0) is 48.3 Å². The largest absolute Gasteiger partial charge is 0.0651 e. The molecule has 1 aliphatic rings. The van der Waals surface area contributed by atoms with Crippen LogP contribution in [-0.2, 0) is 0 Å². The van der Waals surface area contributed by atoms with Gasteiger partial charge in [0.2, 0.25) is 0 Å². The third-order valence-electron chi connectivity index (χ3n) is 6.04. The van der Waals surface area contributed by atoms with Gasteiger partial charge >= 0.3 is 0 Å². The van der Waals surface area contributed by atoms with E-state index in [2.05, 4.69) is 41.5 Å². The first-order chi connectivity index (χ1) is 9.34. The Hall–Kier alpha value is 0. The molecular weight excluding hydrogens is 240 g/mol. The minimum absolute atomic E-state index is 0.535. The van der Waals surface area contributed by atoms with Gasteiger partial charge in [0.15, 0.2) is 0 Å². The number of hydrogen-bond acceptors (Lipinski definition) is 0. The van der Waals surface area contributed by atoms with Crippen LogP contribution in [0.1, 0.15) is 99.3 Å². The molecule has 1 aliphatic carbocycles. The third-order valence-corrected chi connectivity index (χ3v) is 6.04. The van der Waals surface area contributed by atoms with Crippen LogP contribution in [0.25, 0.3) is 0 Å². The normalized spacial score (nSPS) is 21.9. The molecule has 1 saturated carbocycles. The lowest BCUT2D eigenvalue weighted by atomic mass is 9.73. The van der Waals surface area contributed by atoms with E-state index < -0.39 is 0 Å². The minimum atomic E-state index is 0.535. The molecule has 0 nitrogen and oxygen atoms in total. The van der Waals surface area contributed by atoms with Gasteiger partial charge in [-0.3, -0.25) is 0 Å². The highest BCUT2D eigenvalue weighted by molar-refractivity contribution is 4.78. The molecule has 1 rings (SSSR count). The fourth-order valence-electron chi connectivity index (χ4n) is 4.02. The van der Waals surface area contributed by atoms with Gasteiger partial charge in [0, 0.05) is 0 Å². The molecule has 0 spiro atoms. The fraction of sp³-hybridized carbons (Fsp3) is 1.00. The zero-order valence-corrected chi connectivity index (χ0v) is 15.2. The monoisotopic (exact) mass is 280 g/mol. The maximum absolute atomic E-state index is 2.51. The van der Waals surface area contributed by atoms with Crippen molar-refractivity contribution in [3.8, 4) is 0 Å². The smallest absolute Gasteiger partial charge is 0.0351 e. The Morgan fingerprint density at radius 2 is 1.60 bits per heavy atom. The van der Waals surface area contributed by atoms with E-state index >= 15 is 0 Å². The Morgan fingerprint density at radius 3 is 2.15 bits per heavy atom. The molecule has 0 aromatic heterocycles. The molecule has 1 fully saturated rings. The lowest BCUT2D eigenvalue weighted by Crippen LogP contribution is -2.21. The van der Waals surface area contributed by atoms with E-state index in [1.807, 2.05) is 0 Å². The van der Waals surface area contributed by atoms with Crippen molar-refractivity contribution in [3.05, 3.63) is 0 Å². The molecule has 0 bridgehead atoms. The topological polar surface area (TPSA) is 0 Å². The molecule has 3 unspecified atom stereocenters. The summed E-state index contributed by atoms with van der Waals surface area (Å²) < 4.78 is 0. The van der Waals surface area contributed by atoms with Crippen molar-refractivity contribution in [2.75, 3.05) is 0 Å². The first-order valence-electron chi connectivity index (χ1n) is 9.34. The molecule has 0 radical (unpaired) electrons. The van der Waals surface area contributed by atoms with Gasteiger partial charge in [-0.15, -0.1) is 0 Å². The molecule has 0 aliphatic heterocycles. The Kier molecular flexibility index (Phi) is 7.62. The van der Waals surface area contributed by atoms with Crippen molar-refractivity contribution in [1.29, 1.82) is 0 Å². The maximum Gasteiger partial charge on any atom is -0.0351 e. The average Bonchev–Trinajstić information content (AvgIpc) is 2.88. The predicted molar refractivity (Wildman–Crippen MR) is 92.0 cm³/mol. The van der Waals surface area contributed by atoms with Crippen LogP contribution >= 0.6 is 0 Å². The number of hydrogen-bond donors (Lipinski definition) is 0. The summed E-state index contributed by atoms with van der Waals surface area (Å²) in [6, 6.07) is 0. The van der Waals surface area contributed by atoms with Crippen LogP contribution in [0.15, 0.2) is 0 Å². The maximum atomic E-state index is 2.51. The van der Waals surface area contributed by atoms with E-state index in [4.69, 9.17) is 0 Å². The van der Waals surface area contributed by atoms with Crippen molar-refractivity contribution in [3.63, 3.8) is 0 Å². The van der Waals surface area contributed by atoms with Crippen LogP contribution in [0.4, 0.5) is 0 Å². The van der Waals surface area contributed by atoms with E-state index in [-0.39, 0.29) is 0 Å². The zero-order chi connectivity index (χ0) is 15.2. The summed E-state index contributed by atoms with van der Waals surface area (Å²) in [7, 11) is 0. The Bertz CT molecular complexity index is 247. The summed E-state index contributed by atoms with van der Waals surface area (Å²) in [4.78, 5) is 0. The second-order valence-corrected chi connectivity index (χ2v) is 8.76. The summed E-state index contributed by atoms with van der Waals surface area (Å²) in [5, 5.41) is 0. The SMILES string of the molecule is CCC(C)CCC(C)(C)CC(C)C(C)CC1CCCC1. The molecule has 20 heavy (non-hydrogen) atoms.